The fraction of sp³-hybridized carbons (Fsp3) is 0.125. The molecule has 0 aliphatic heterocycles. The molecule has 4 nitrogen and oxygen atoms in total. The summed E-state index contributed by atoms with van der Waals surface area (Å²) in [6.45, 7) is 1.70. The molecule has 3 aromatic rings. The van der Waals surface area contributed by atoms with Gasteiger partial charge in [0.15, 0.2) is 0 Å². The van der Waals surface area contributed by atoms with Gasteiger partial charge in [-0.15, -0.1) is 0 Å². The van der Waals surface area contributed by atoms with Gasteiger partial charge in [-0.1, -0.05) is 0 Å². The molecule has 0 saturated carbocycles. The van der Waals surface area contributed by atoms with Crippen LogP contribution in [0.4, 0.5) is 18.9 Å². The van der Waals surface area contributed by atoms with Crippen molar-refractivity contribution in [2.75, 3.05) is 5.32 Å². The average molecular weight is 398 g/mol. The molecule has 0 aliphatic carbocycles. The van der Waals surface area contributed by atoms with Gasteiger partial charge >= 0.3 is 6.18 Å². The Labute approximate surface area is 143 Å². The Morgan fingerprint density at radius 3 is 2.46 bits per heavy atom. The van der Waals surface area contributed by atoms with Crippen LogP contribution in [-0.2, 0) is 6.18 Å². The summed E-state index contributed by atoms with van der Waals surface area (Å²) < 4.78 is 40.1. The number of carbonyl (C=O) groups excluding carboxylic acids is 1. The van der Waals surface area contributed by atoms with E-state index in [-0.39, 0.29) is 5.69 Å². The molecule has 0 unspecified atom stereocenters. The summed E-state index contributed by atoms with van der Waals surface area (Å²) in [5, 5.41) is 2.59. The molecular formula is C16H11BrF3N3O. The van der Waals surface area contributed by atoms with E-state index in [9.17, 15) is 18.0 Å². The largest absolute Gasteiger partial charge is 0.416 e. The number of hydrogen-bond donors (Lipinski definition) is 1. The SMILES string of the molecule is Cc1nc2ccc(Br)cn2c1C(=O)Nc1ccc(C(F)(F)F)cc1. The zero-order valence-electron chi connectivity index (χ0n) is 12.4. The van der Waals surface area contributed by atoms with Crippen molar-refractivity contribution < 1.29 is 18.0 Å². The minimum absolute atomic E-state index is 0.275. The average Bonchev–Trinajstić information content (AvgIpc) is 2.82. The van der Waals surface area contributed by atoms with Crippen LogP contribution in [0.3, 0.4) is 0 Å². The molecule has 2 aromatic heterocycles. The summed E-state index contributed by atoms with van der Waals surface area (Å²) >= 11 is 3.33. The van der Waals surface area contributed by atoms with Gasteiger partial charge in [0, 0.05) is 16.4 Å². The van der Waals surface area contributed by atoms with Crippen LogP contribution in [-0.4, -0.2) is 15.3 Å². The number of fused-ring (bicyclic) bond motifs is 1. The van der Waals surface area contributed by atoms with Crippen LogP contribution in [0.15, 0.2) is 47.1 Å². The molecule has 0 atom stereocenters. The van der Waals surface area contributed by atoms with Gasteiger partial charge < -0.3 is 5.32 Å². The lowest BCUT2D eigenvalue weighted by molar-refractivity contribution is -0.137. The predicted octanol–water partition coefficient (Wildman–Crippen LogP) is 4.68. The first-order valence-electron chi connectivity index (χ1n) is 6.88. The first-order valence-corrected chi connectivity index (χ1v) is 7.68. The summed E-state index contributed by atoms with van der Waals surface area (Å²) in [6, 6.07) is 7.84. The summed E-state index contributed by atoms with van der Waals surface area (Å²) in [6.07, 6.45) is -2.70. The Bertz CT molecular complexity index is 917. The highest BCUT2D eigenvalue weighted by Gasteiger charge is 2.30. The zero-order chi connectivity index (χ0) is 17.5. The van der Waals surface area contributed by atoms with E-state index in [1.807, 2.05) is 0 Å². The van der Waals surface area contributed by atoms with Crippen LogP contribution in [0, 0.1) is 6.92 Å². The number of rotatable bonds is 2. The van der Waals surface area contributed by atoms with Crippen LogP contribution >= 0.6 is 15.9 Å². The number of benzene rings is 1. The highest BCUT2D eigenvalue weighted by molar-refractivity contribution is 9.10. The van der Waals surface area contributed by atoms with Gasteiger partial charge in [-0.25, -0.2) is 4.98 Å². The highest BCUT2D eigenvalue weighted by Crippen LogP contribution is 2.30. The van der Waals surface area contributed by atoms with Gasteiger partial charge in [-0.05, 0) is 59.3 Å². The maximum atomic E-state index is 12.6. The normalized spacial score (nSPS) is 11.7. The molecule has 1 aromatic carbocycles. The summed E-state index contributed by atoms with van der Waals surface area (Å²) in [5.74, 6) is -0.446. The Morgan fingerprint density at radius 1 is 1.17 bits per heavy atom. The number of aryl methyl sites for hydroxylation is 1. The second-order valence-corrected chi connectivity index (χ2v) is 6.07. The minimum atomic E-state index is -4.41. The van der Waals surface area contributed by atoms with Crippen molar-refractivity contribution in [3.8, 4) is 0 Å². The third kappa shape index (κ3) is 3.14. The van der Waals surface area contributed by atoms with E-state index in [1.54, 1.807) is 29.7 Å². The number of alkyl halides is 3. The van der Waals surface area contributed by atoms with E-state index < -0.39 is 17.6 Å². The molecule has 2 heterocycles. The Kier molecular flexibility index (Phi) is 4.08. The molecule has 1 N–H and O–H groups in total. The summed E-state index contributed by atoms with van der Waals surface area (Å²) in [5.41, 5.74) is 0.963. The van der Waals surface area contributed by atoms with E-state index in [0.29, 0.717) is 17.0 Å². The number of aromatic nitrogens is 2. The number of anilines is 1. The Morgan fingerprint density at radius 2 is 1.83 bits per heavy atom. The number of carbonyl (C=O) groups is 1. The Balaban J connectivity index is 1.90. The molecule has 124 valence electrons. The molecule has 0 bridgehead atoms. The van der Waals surface area contributed by atoms with E-state index in [2.05, 4.69) is 26.2 Å². The fourth-order valence-electron chi connectivity index (χ4n) is 2.34. The maximum Gasteiger partial charge on any atom is 0.416 e. The van der Waals surface area contributed by atoms with Gasteiger partial charge in [0.2, 0.25) is 0 Å². The van der Waals surface area contributed by atoms with Crippen molar-refractivity contribution in [3.05, 3.63) is 64.0 Å². The number of nitrogens with zero attached hydrogens (tertiary/aromatic N) is 2. The standard InChI is InChI=1S/C16H11BrF3N3O/c1-9-14(23-8-11(17)4-7-13(23)21-9)15(24)22-12-5-2-10(3-6-12)16(18,19)20/h2-8H,1H3,(H,22,24). The molecule has 24 heavy (non-hydrogen) atoms. The molecule has 3 rings (SSSR count). The van der Waals surface area contributed by atoms with Crippen molar-refractivity contribution in [3.63, 3.8) is 0 Å². The van der Waals surface area contributed by atoms with Crippen molar-refractivity contribution in [1.82, 2.24) is 9.38 Å². The second-order valence-electron chi connectivity index (χ2n) is 5.15. The van der Waals surface area contributed by atoms with Gasteiger partial charge in [0.05, 0.1) is 11.3 Å². The topological polar surface area (TPSA) is 46.4 Å². The Hall–Kier alpha value is -2.35. The monoisotopic (exact) mass is 397 g/mol. The van der Waals surface area contributed by atoms with Crippen molar-refractivity contribution in [2.24, 2.45) is 0 Å². The van der Waals surface area contributed by atoms with E-state index in [4.69, 9.17) is 0 Å². The van der Waals surface area contributed by atoms with Crippen molar-refractivity contribution in [2.45, 2.75) is 13.1 Å². The first kappa shape index (κ1) is 16.5. The van der Waals surface area contributed by atoms with Gasteiger partial charge in [0.25, 0.3) is 5.91 Å². The quantitative estimate of drug-likeness (QED) is 0.682. The van der Waals surface area contributed by atoms with E-state index >= 15 is 0 Å². The molecular weight excluding hydrogens is 387 g/mol. The number of halogens is 4. The van der Waals surface area contributed by atoms with Gasteiger partial charge in [-0.3, -0.25) is 9.20 Å². The van der Waals surface area contributed by atoms with Crippen molar-refractivity contribution in [1.29, 1.82) is 0 Å². The summed E-state index contributed by atoms with van der Waals surface area (Å²) in [7, 11) is 0. The van der Waals surface area contributed by atoms with E-state index in [1.165, 1.54) is 12.1 Å². The van der Waals surface area contributed by atoms with Crippen molar-refractivity contribution >= 4 is 33.2 Å². The molecule has 0 fully saturated rings. The van der Waals surface area contributed by atoms with Gasteiger partial charge in [-0.2, -0.15) is 13.2 Å². The number of amides is 1. The molecule has 0 spiro atoms. The number of hydrogen-bond acceptors (Lipinski definition) is 2. The van der Waals surface area contributed by atoms with Crippen LogP contribution in [0.2, 0.25) is 0 Å². The first-order chi connectivity index (χ1) is 11.3. The number of imidazole rings is 1. The van der Waals surface area contributed by atoms with Crippen LogP contribution in [0.5, 0.6) is 0 Å². The molecule has 1 amide bonds. The predicted molar refractivity (Wildman–Crippen MR) is 87.0 cm³/mol. The summed E-state index contributed by atoms with van der Waals surface area (Å²) in [4.78, 5) is 16.8. The second kappa shape index (κ2) is 5.94. The smallest absolute Gasteiger partial charge is 0.321 e. The van der Waals surface area contributed by atoms with Crippen LogP contribution in [0.1, 0.15) is 21.7 Å². The van der Waals surface area contributed by atoms with E-state index in [0.717, 1.165) is 16.6 Å². The number of nitrogens with one attached hydrogen (secondary N) is 1. The highest BCUT2D eigenvalue weighted by atomic mass is 79.9. The fourth-order valence-corrected chi connectivity index (χ4v) is 2.68. The zero-order valence-corrected chi connectivity index (χ0v) is 13.9. The van der Waals surface area contributed by atoms with Gasteiger partial charge in [0.1, 0.15) is 11.3 Å². The lowest BCUT2D eigenvalue weighted by Gasteiger charge is -2.09. The lowest BCUT2D eigenvalue weighted by Crippen LogP contribution is -2.16. The minimum Gasteiger partial charge on any atom is -0.321 e. The third-order valence-corrected chi connectivity index (χ3v) is 3.91. The molecule has 0 aliphatic rings. The molecule has 0 radical (unpaired) electrons. The molecule has 8 heteroatoms. The van der Waals surface area contributed by atoms with Crippen LogP contribution in [0.25, 0.3) is 5.65 Å². The maximum absolute atomic E-state index is 12.6. The molecule has 0 saturated heterocycles. The number of pyridine rings is 1. The lowest BCUT2D eigenvalue weighted by atomic mass is 10.2. The third-order valence-electron chi connectivity index (χ3n) is 3.44. The van der Waals surface area contributed by atoms with Crippen LogP contribution < -0.4 is 5.32 Å².